The molecular formula is C34H36N5O2PSi. The molecule has 43 heavy (non-hydrogen) atoms. The molecule has 3 aromatic carbocycles. The summed E-state index contributed by atoms with van der Waals surface area (Å²) >= 11 is 0. The zero-order valence-corrected chi connectivity index (χ0v) is 27.1. The van der Waals surface area contributed by atoms with E-state index >= 15 is 0 Å². The van der Waals surface area contributed by atoms with Crippen LogP contribution in [0.3, 0.4) is 0 Å². The summed E-state index contributed by atoms with van der Waals surface area (Å²) in [5.74, 6) is 1.93. The normalized spacial score (nSPS) is 12.5. The van der Waals surface area contributed by atoms with Gasteiger partial charge in [-0.3, -0.25) is 4.57 Å². The van der Waals surface area contributed by atoms with Crippen molar-refractivity contribution in [2.75, 3.05) is 0 Å². The van der Waals surface area contributed by atoms with Crippen LogP contribution in [0.4, 0.5) is 5.82 Å². The molecule has 0 saturated carbocycles. The van der Waals surface area contributed by atoms with Crippen molar-refractivity contribution in [3.63, 3.8) is 0 Å². The summed E-state index contributed by atoms with van der Waals surface area (Å²) < 4.78 is 20.0. The molecule has 3 heterocycles. The molecule has 0 fully saturated rings. The van der Waals surface area contributed by atoms with Gasteiger partial charge in [-0.1, -0.05) is 112 Å². The molecule has 0 N–H and O–H groups in total. The predicted octanol–water partition coefficient (Wildman–Crippen LogP) is 7.74. The van der Waals surface area contributed by atoms with Crippen LogP contribution in [-0.4, -0.2) is 27.8 Å². The van der Waals surface area contributed by atoms with Gasteiger partial charge in [0.05, 0.1) is 13.7 Å². The maximum atomic E-state index is 6.38. The van der Waals surface area contributed by atoms with E-state index in [0.717, 1.165) is 21.7 Å². The Kier molecular flexibility index (Phi) is 7.77. The Morgan fingerprint density at radius 2 is 1.33 bits per heavy atom. The summed E-state index contributed by atoms with van der Waals surface area (Å²) in [6.45, 7) is 11.6. The maximum Gasteiger partial charge on any atom is 0.206 e. The monoisotopic (exact) mass is 605 g/mol. The lowest BCUT2D eigenvalue weighted by molar-refractivity contribution is 0.245. The molecule has 6 rings (SSSR count). The lowest BCUT2D eigenvalue weighted by Gasteiger charge is -2.35. The first-order valence-electron chi connectivity index (χ1n) is 14.4. The molecule has 0 aliphatic carbocycles. The van der Waals surface area contributed by atoms with Crippen LogP contribution in [0.25, 0.3) is 17.0 Å². The van der Waals surface area contributed by atoms with Crippen molar-refractivity contribution in [3.8, 4) is 5.88 Å². The van der Waals surface area contributed by atoms with Gasteiger partial charge in [0.2, 0.25) is 5.88 Å². The fourth-order valence-corrected chi connectivity index (χ4v) is 9.21. The van der Waals surface area contributed by atoms with E-state index in [1.165, 1.54) is 0 Å². The number of fused-ring (bicyclic) bond motifs is 1. The van der Waals surface area contributed by atoms with E-state index in [2.05, 4.69) is 117 Å². The summed E-state index contributed by atoms with van der Waals surface area (Å²) in [7, 11) is -4.44. The highest BCUT2D eigenvalue weighted by atomic mass is 31.2. The van der Waals surface area contributed by atoms with E-state index < -0.39 is 15.4 Å². The van der Waals surface area contributed by atoms with Crippen molar-refractivity contribution in [3.05, 3.63) is 122 Å². The van der Waals surface area contributed by atoms with Crippen LogP contribution in [0, 0.1) is 0 Å². The Hall–Kier alpha value is -4.10. The second-order valence-electron chi connectivity index (χ2n) is 12.0. The minimum absolute atomic E-state index is 0.122. The van der Waals surface area contributed by atoms with Crippen LogP contribution in [0.5, 0.6) is 0 Å². The Morgan fingerprint density at radius 1 is 0.767 bits per heavy atom. The average molecular weight is 606 g/mol. The second kappa shape index (κ2) is 11.5. The van der Waals surface area contributed by atoms with Crippen LogP contribution in [0.15, 0.2) is 125 Å². The third kappa shape index (κ3) is 5.54. The van der Waals surface area contributed by atoms with Gasteiger partial charge in [0, 0.05) is 22.0 Å². The molecule has 9 heteroatoms. The van der Waals surface area contributed by atoms with E-state index in [1.54, 1.807) is 12.7 Å². The Morgan fingerprint density at radius 3 is 1.86 bits per heavy atom. The van der Waals surface area contributed by atoms with E-state index in [1.807, 2.05) is 34.9 Å². The van der Waals surface area contributed by atoms with Crippen LogP contribution < -0.4 is 15.9 Å². The minimum atomic E-state index is -2.53. The quantitative estimate of drug-likeness (QED) is 0.131. The molecule has 0 saturated heterocycles. The topological polar surface area (TPSA) is 78.3 Å². The van der Waals surface area contributed by atoms with Crippen LogP contribution >= 0.6 is 7.05 Å². The summed E-state index contributed by atoms with van der Waals surface area (Å²) in [5.41, 5.74) is 1.25. The molecule has 6 aromatic rings. The number of nitrogens with zero attached hydrogens (tertiary/aromatic N) is 5. The molecule has 0 amide bonds. The third-order valence-corrected chi connectivity index (χ3v) is 16.3. The number of benzene rings is 3. The Labute approximate surface area is 253 Å². The summed E-state index contributed by atoms with van der Waals surface area (Å²) in [5, 5.41) is 3.53. The molecule has 0 aliphatic rings. The Bertz CT molecular complexity index is 1790. The number of imidazole rings is 1. The second-order valence-corrected chi connectivity index (χ2v) is 19.8. The van der Waals surface area contributed by atoms with Gasteiger partial charge in [0.1, 0.15) is 18.4 Å². The number of hydrogen-bond donors (Lipinski definition) is 0. The molecule has 0 bridgehead atoms. The zero-order chi connectivity index (χ0) is 30.1. The van der Waals surface area contributed by atoms with Gasteiger partial charge in [-0.15, -0.1) is 0 Å². The SMILES string of the molecule is CC(C)(C)[Si](C)(C)OCc1ccc(-n2cnc3c(N=P(c4ccccc4)(c4ccccc4)c4ccccc4)ncnc32)o1. The molecule has 0 atom stereocenters. The first-order valence-corrected chi connectivity index (χ1v) is 19.0. The lowest BCUT2D eigenvalue weighted by atomic mass is 10.2. The van der Waals surface area contributed by atoms with Crippen LogP contribution in [0.2, 0.25) is 18.1 Å². The molecule has 0 spiro atoms. The number of furan rings is 1. The van der Waals surface area contributed by atoms with Crippen molar-refractivity contribution in [1.82, 2.24) is 19.5 Å². The van der Waals surface area contributed by atoms with Crippen molar-refractivity contribution in [2.24, 2.45) is 4.74 Å². The minimum Gasteiger partial charge on any atom is -0.442 e. The summed E-state index contributed by atoms with van der Waals surface area (Å²) in [6.07, 6.45) is 3.28. The highest BCUT2D eigenvalue weighted by Crippen LogP contribution is 2.49. The van der Waals surface area contributed by atoms with Crippen molar-refractivity contribution >= 4 is 48.3 Å². The van der Waals surface area contributed by atoms with Gasteiger partial charge in [-0.05, 0) is 24.2 Å². The predicted molar refractivity (Wildman–Crippen MR) is 178 cm³/mol. The molecule has 7 nitrogen and oxygen atoms in total. The van der Waals surface area contributed by atoms with E-state index in [0.29, 0.717) is 29.5 Å². The first-order chi connectivity index (χ1) is 20.7. The largest absolute Gasteiger partial charge is 0.442 e. The fourth-order valence-electron chi connectivity index (χ4n) is 4.79. The molecular weight excluding hydrogens is 569 g/mol. The molecule has 218 valence electrons. The van der Waals surface area contributed by atoms with Crippen molar-refractivity contribution in [1.29, 1.82) is 0 Å². The lowest BCUT2D eigenvalue weighted by Crippen LogP contribution is -2.40. The highest BCUT2D eigenvalue weighted by molar-refractivity contribution is 7.87. The number of aromatic nitrogens is 4. The average Bonchev–Trinajstić information content (AvgIpc) is 3.67. The maximum absolute atomic E-state index is 6.38. The smallest absolute Gasteiger partial charge is 0.206 e. The van der Waals surface area contributed by atoms with Gasteiger partial charge in [-0.2, -0.15) is 0 Å². The van der Waals surface area contributed by atoms with Gasteiger partial charge in [0.25, 0.3) is 0 Å². The first kappa shape index (κ1) is 29.0. The standard InChI is InChI=1S/C34H36N5O2PSi/c1-34(2,3)43(4,5)40-23-26-21-22-30(41-26)39-25-37-31-32(35-24-36-33(31)39)38-42(27-15-9-6-10-16-27,28-17-11-7-12-18-28)29-19-13-8-14-20-29/h6-22,24-25H,23H2,1-5H3. The van der Waals surface area contributed by atoms with Crippen molar-refractivity contribution in [2.45, 2.75) is 45.5 Å². The van der Waals surface area contributed by atoms with E-state index in [4.69, 9.17) is 18.6 Å². The van der Waals surface area contributed by atoms with Crippen molar-refractivity contribution < 1.29 is 8.84 Å². The van der Waals surface area contributed by atoms with Gasteiger partial charge >= 0.3 is 0 Å². The van der Waals surface area contributed by atoms with E-state index in [-0.39, 0.29) is 5.04 Å². The third-order valence-electron chi connectivity index (χ3n) is 8.21. The van der Waals surface area contributed by atoms with E-state index in [9.17, 15) is 0 Å². The molecule has 0 unspecified atom stereocenters. The number of rotatable bonds is 8. The molecule has 0 aliphatic heterocycles. The van der Waals surface area contributed by atoms with Gasteiger partial charge in [0.15, 0.2) is 25.3 Å². The molecule has 0 radical (unpaired) electrons. The molecule has 3 aromatic heterocycles. The Balaban J connectivity index is 1.48. The zero-order valence-electron chi connectivity index (χ0n) is 25.2. The van der Waals surface area contributed by atoms with Crippen LogP contribution in [0.1, 0.15) is 26.5 Å². The van der Waals surface area contributed by atoms with Gasteiger partial charge < -0.3 is 8.84 Å². The van der Waals surface area contributed by atoms with Crippen LogP contribution in [-0.2, 0) is 11.0 Å². The number of hydrogen-bond acceptors (Lipinski definition) is 6. The summed E-state index contributed by atoms with van der Waals surface area (Å²) in [6, 6.07) is 35.3. The van der Waals surface area contributed by atoms with Gasteiger partial charge in [-0.25, -0.2) is 19.7 Å². The summed E-state index contributed by atoms with van der Waals surface area (Å²) in [4.78, 5) is 14.1. The fraction of sp³-hybridized carbons (Fsp3) is 0.206. The highest BCUT2D eigenvalue weighted by Gasteiger charge is 2.37.